The highest BCUT2D eigenvalue weighted by Gasteiger charge is 2.54. The van der Waals surface area contributed by atoms with Gasteiger partial charge in [-0.2, -0.15) is 0 Å². The molecule has 1 unspecified atom stereocenters. The van der Waals surface area contributed by atoms with Gasteiger partial charge in [-0.25, -0.2) is 4.79 Å². The normalized spacial score (nSPS) is 22.3. The number of anilines is 1. The molecule has 0 bridgehead atoms. The molecule has 4 aliphatic rings. The molecule has 2 saturated heterocycles. The molecule has 1 atom stereocenters. The summed E-state index contributed by atoms with van der Waals surface area (Å²) in [7, 11) is -0.629. The molecule has 9 heteroatoms. The minimum absolute atomic E-state index is 0.0895. The molecule has 40 heavy (non-hydrogen) atoms. The summed E-state index contributed by atoms with van der Waals surface area (Å²) in [5, 5.41) is 0. The van der Waals surface area contributed by atoms with Crippen molar-refractivity contribution < 1.29 is 28.4 Å². The van der Waals surface area contributed by atoms with Gasteiger partial charge in [0.1, 0.15) is 17.1 Å². The Morgan fingerprint density at radius 1 is 0.925 bits per heavy atom. The van der Waals surface area contributed by atoms with E-state index < -0.39 is 18.3 Å². The monoisotopic (exact) mass is 536 g/mol. The van der Waals surface area contributed by atoms with Crippen LogP contribution in [0.4, 0.5) is 5.69 Å². The Labute approximate surface area is 233 Å². The molecule has 0 radical (unpaired) electrons. The first-order chi connectivity index (χ1) is 19.2. The quantitative estimate of drug-likeness (QED) is 0.363. The first-order valence-corrected chi connectivity index (χ1v) is 13.5. The summed E-state index contributed by atoms with van der Waals surface area (Å²) in [4.78, 5) is 29.1. The lowest BCUT2D eigenvalue weighted by atomic mass is 9.74. The molecular weight excluding hydrogens is 507 g/mol. The molecule has 3 aromatic rings. The van der Waals surface area contributed by atoms with Gasteiger partial charge < -0.3 is 28.6 Å². The Morgan fingerprint density at radius 3 is 2.33 bits per heavy atom. The Bertz CT molecular complexity index is 1590. The Kier molecular flexibility index (Phi) is 5.35. The summed E-state index contributed by atoms with van der Waals surface area (Å²) in [6, 6.07) is 19.3. The van der Waals surface area contributed by atoms with E-state index in [4.69, 9.17) is 18.8 Å². The van der Waals surface area contributed by atoms with Gasteiger partial charge in [-0.05, 0) is 38.1 Å². The predicted molar refractivity (Wildman–Crippen MR) is 150 cm³/mol. The van der Waals surface area contributed by atoms with Crippen LogP contribution in [-0.4, -0.2) is 55.7 Å². The van der Waals surface area contributed by atoms with Crippen molar-refractivity contribution in [1.29, 1.82) is 0 Å². The molecule has 4 heterocycles. The van der Waals surface area contributed by atoms with E-state index in [9.17, 15) is 9.59 Å². The summed E-state index contributed by atoms with van der Waals surface area (Å²) in [5.74, 6) is 1.45. The van der Waals surface area contributed by atoms with E-state index in [0.29, 0.717) is 35.9 Å². The van der Waals surface area contributed by atoms with Gasteiger partial charge in [0, 0.05) is 67.0 Å². The van der Waals surface area contributed by atoms with Crippen molar-refractivity contribution in [2.24, 2.45) is 0 Å². The van der Waals surface area contributed by atoms with Crippen LogP contribution in [0.3, 0.4) is 0 Å². The number of fused-ring (bicyclic) bond motifs is 6. The second-order valence-electron chi connectivity index (χ2n) is 11.1. The van der Waals surface area contributed by atoms with Gasteiger partial charge in [-0.1, -0.05) is 36.9 Å². The van der Waals surface area contributed by atoms with Gasteiger partial charge in [-0.3, -0.25) is 4.79 Å². The zero-order chi connectivity index (χ0) is 27.8. The van der Waals surface area contributed by atoms with Crippen molar-refractivity contribution in [2.75, 3.05) is 31.1 Å². The predicted octanol–water partition coefficient (Wildman–Crippen LogP) is 3.96. The molecule has 0 aromatic heterocycles. The first kappa shape index (κ1) is 24.8. The Morgan fingerprint density at radius 2 is 1.62 bits per heavy atom. The topological polar surface area (TPSA) is 77.5 Å². The van der Waals surface area contributed by atoms with E-state index in [2.05, 4.69) is 11.5 Å². The van der Waals surface area contributed by atoms with Crippen LogP contribution in [0.2, 0.25) is 0 Å². The number of carbonyl (C=O) groups excluding carboxylic acids is 2. The zero-order valence-electron chi connectivity index (χ0n) is 22.7. The first-order valence-electron chi connectivity index (χ1n) is 13.5. The van der Waals surface area contributed by atoms with Gasteiger partial charge >= 0.3 is 13.1 Å². The van der Waals surface area contributed by atoms with E-state index >= 15 is 0 Å². The van der Waals surface area contributed by atoms with E-state index in [-0.39, 0.29) is 11.9 Å². The van der Waals surface area contributed by atoms with Gasteiger partial charge in [0.2, 0.25) is 5.91 Å². The molecule has 7 rings (SSSR count). The highest BCUT2D eigenvalue weighted by atomic mass is 16.7. The zero-order valence-corrected chi connectivity index (χ0v) is 22.7. The van der Waals surface area contributed by atoms with E-state index in [1.807, 2.05) is 73.3 Å². The maximum Gasteiger partial charge on any atom is 0.563 e. The van der Waals surface area contributed by atoms with Crippen molar-refractivity contribution in [3.63, 3.8) is 0 Å². The highest BCUT2D eigenvalue weighted by Crippen LogP contribution is 2.56. The summed E-state index contributed by atoms with van der Waals surface area (Å²) in [6.45, 7) is 12.2. The number of carbonyl (C=O) groups is 2. The number of ether oxygens (including phenoxy) is 2. The Balaban J connectivity index is 1.33. The molecule has 8 nitrogen and oxygen atoms in total. The third-order valence-electron chi connectivity index (χ3n) is 8.41. The SMILES string of the molecule is C=C1OB(c2ccc3c(c2)Oc2cc(N4CCN(C(C)=O)CC4)ccc2C32OC(=O)c3ccccc32)OC1(C)C. The average molecular weight is 536 g/mol. The summed E-state index contributed by atoms with van der Waals surface area (Å²) in [5.41, 5.74) is 2.81. The van der Waals surface area contributed by atoms with Gasteiger partial charge in [0.05, 0.1) is 11.3 Å². The van der Waals surface area contributed by atoms with Crippen molar-refractivity contribution >= 4 is 30.1 Å². The number of hydrogen-bond acceptors (Lipinski definition) is 7. The number of hydrogen-bond donors (Lipinski definition) is 0. The third-order valence-corrected chi connectivity index (χ3v) is 8.41. The summed E-state index contributed by atoms with van der Waals surface area (Å²) in [6.07, 6.45) is 0. The standard InChI is InChI=1S/C31H29BN2O6/c1-19-30(3,4)40-32(39-19)21-9-11-25-27(17-21)37-28-18-22(34-15-13-33(14-16-34)20(2)35)10-12-26(28)31(25)24-8-6-5-7-23(24)29(36)38-31/h5-12,17-18H,1,13-16H2,2-4H3. The number of amides is 1. The fourth-order valence-electron chi connectivity index (χ4n) is 6.07. The molecule has 0 N–H and O–H groups in total. The highest BCUT2D eigenvalue weighted by molar-refractivity contribution is 6.62. The van der Waals surface area contributed by atoms with Crippen molar-refractivity contribution in [1.82, 2.24) is 4.90 Å². The second kappa shape index (κ2) is 8.63. The van der Waals surface area contributed by atoms with Crippen LogP contribution in [0.1, 0.15) is 47.8 Å². The molecule has 0 saturated carbocycles. The van der Waals surface area contributed by atoms with Crippen molar-refractivity contribution in [3.8, 4) is 11.5 Å². The van der Waals surface area contributed by atoms with E-state index in [0.717, 1.165) is 40.9 Å². The van der Waals surface area contributed by atoms with Crippen LogP contribution < -0.4 is 15.1 Å². The minimum Gasteiger partial charge on any atom is -0.534 e. The maximum absolute atomic E-state index is 13.2. The number of rotatable bonds is 2. The smallest absolute Gasteiger partial charge is 0.534 e. The average Bonchev–Trinajstić information content (AvgIpc) is 3.40. The molecule has 2 fully saturated rings. The van der Waals surface area contributed by atoms with Gasteiger partial charge in [0.15, 0.2) is 5.60 Å². The number of esters is 1. The molecular formula is C31H29BN2O6. The van der Waals surface area contributed by atoms with Gasteiger partial charge in [0.25, 0.3) is 0 Å². The van der Waals surface area contributed by atoms with Crippen LogP contribution in [-0.2, 0) is 24.4 Å². The third kappa shape index (κ3) is 3.57. The Hall–Kier alpha value is -4.24. The van der Waals surface area contributed by atoms with Crippen molar-refractivity contribution in [3.05, 3.63) is 95.3 Å². The fourth-order valence-corrected chi connectivity index (χ4v) is 6.07. The molecule has 1 amide bonds. The lowest BCUT2D eigenvalue weighted by Gasteiger charge is -2.39. The van der Waals surface area contributed by atoms with Crippen LogP contribution >= 0.6 is 0 Å². The van der Waals surface area contributed by atoms with E-state index in [1.54, 1.807) is 13.0 Å². The number of nitrogens with zero attached hydrogens (tertiary/aromatic N) is 2. The molecule has 4 aliphatic heterocycles. The lowest BCUT2D eigenvalue weighted by molar-refractivity contribution is -0.129. The van der Waals surface area contributed by atoms with Crippen molar-refractivity contribution in [2.45, 2.75) is 32.0 Å². The van der Waals surface area contributed by atoms with E-state index in [1.165, 1.54) is 0 Å². The summed E-state index contributed by atoms with van der Waals surface area (Å²) < 4.78 is 24.9. The van der Waals surface area contributed by atoms with Crippen LogP contribution in [0.15, 0.2) is 73.0 Å². The largest absolute Gasteiger partial charge is 0.563 e. The second-order valence-corrected chi connectivity index (χ2v) is 11.1. The molecule has 3 aromatic carbocycles. The molecule has 1 spiro atoms. The van der Waals surface area contributed by atoms with Crippen LogP contribution in [0, 0.1) is 0 Å². The number of piperazine rings is 1. The van der Waals surface area contributed by atoms with Crippen LogP contribution in [0.5, 0.6) is 11.5 Å². The summed E-state index contributed by atoms with van der Waals surface area (Å²) >= 11 is 0. The molecule has 202 valence electrons. The maximum atomic E-state index is 13.2. The minimum atomic E-state index is -1.15. The fraction of sp³-hybridized carbons (Fsp3) is 0.290. The van der Waals surface area contributed by atoms with Gasteiger partial charge in [-0.15, -0.1) is 0 Å². The van der Waals surface area contributed by atoms with Crippen LogP contribution in [0.25, 0.3) is 0 Å². The lowest BCUT2D eigenvalue weighted by Crippen LogP contribution is -2.48. The number of benzene rings is 3. The molecule has 0 aliphatic carbocycles.